The molecule has 0 radical (unpaired) electrons. The lowest BCUT2D eigenvalue weighted by molar-refractivity contribution is -0.0913. The maximum Gasteiger partial charge on any atom is 0.0862 e. The van der Waals surface area contributed by atoms with Gasteiger partial charge in [0.1, 0.15) is 0 Å². The zero-order chi connectivity index (χ0) is 12.4. The predicted octanol–water partition coefficient (Wildman–Crippen LogP) is 3.79. The molecule has 0 aliphatic heterocycles. The van der Waals surface area contributed by atoms with E-state index in [1.807, 2.05) is 0 Å². The van der Waals surface area contributed by atoms with E-state index >= 15 is 0 Å². The Morgan fingerprint density at radius 1 is 1.00 bits per heavy atom. The van der Waals surface area contributed by atoms with Gasteiger partial charge in [-0.2, -0.15) is 5.26 Å². The molecule has 0 aromatic carbocycles. The molecule has 2 aliphatic carbocycles. The second kappa shape index (κ2) is 4.98. The molecule has 17 heavy (non-hydrogen) atoms. The van der Waals surface area contributed by atoms with Crippen molar-refractivity contribution >= 4 is 0 Å². The number of rotatable bonds is 1. The zero-order valence-electron chi connectivity index (χ0n) is 11.0. The van der Waals surface area contributed by atoms with Crippen LogP contribution in [0, 0.1) is 22.7 Å². The fraction of sp³-hybridized carbons (Fsp3) is 0.933. The summed E-state index contributed by atoms with van der Waals surface area (Å²) in [6.45, 7) is 2.13. The average Bonchev–Trinajstić information content (AvgIpc) is 2.61. The van der Waals surface area contributed by atoms with Gasteiger partial charge in [0.25, 0.3) is 0 Å². The summed E-state index contributed by atoms with van der Waals surface area (Å²) in [5.74, 6) is 0.293. The van der Waals surface area contributed by atoms with Gasteiger partial charge in [0.05, 0.1) is 17.1 Å². The predicted molar refractivity (Wildman–Crippen MR) is 68.3 cm³/mol. The molecule has 2 heteroatoms. The number of nitrogens with zero attached hydrogens (tertiary/aromatic N) is 1. The van der Waals surface area contributed by atoms with Crippen LogP contribution in [0.3, 0.4) is 0 Å². The van der Waals surface area contributed by atoms with Crippen molar-refractivity contribution in [2.75, 3.05) is 0 Å². The maximum absolute atomic E-state index is 11.0. The van der Waals surface area contributed by atoms with Crippen LogP contribution >= 0.6 is 0 Å². The second-order valence-corrected chi connectivity index (χ2v) is 6.18. The Morgan fingerprint density at radius 3 is 2.06 bits per heavy atom. The monoisotopic (exact) mass is 235 g/mol. The van der Waals surface area contributed by atoms with E-state index in [4.69, 9.17) is 0 Å². The van der Waals surface area contributed by atoms with Gasteiger partial charge < -0.3 is 5.11 Å². The van der Waals surface area contributed by atoms with Crippen LogP contribution in [0.4, 0.5) is 0 Å². The summed E-state index contributed by atoms with van der Waals surface area (Å²) in [6.07, 6.45) is 10.8. The highest BCUT2D eigenvalue weighted by Crippen LogP contribution is 2.52. The molecule has 0 spiro atoms. The second-order valence-electron chi connectivity index (χ2n) is 6.18. The van der Waals surface area contributed by atoms with Crippen LogP contribution in [-0.4, -0.2) is 10.7 Å². The van der Waals surface area contributed by atoms with Crippen molar-refractivity contribution in [3.8, 4) is 6.07 Å². The first-order chi connectivity index (χ1) is 8.15. The lowest BCUT2D eigenvalue weighted by Crippen LogP contribution is -2.49. The molecule has 1 N–H and O–H groups in total. The molecule has 96 valence electrons. The molecule has 2 rings (SSSR count). The number of hydrogen-bond acceptors (Lipinski definition) is 2. The van der Waals surface area contributed by atoms with Gasteiger partial charge in [-0.25, -0.2) is 0 Å². The van der Waals surface area contributed by atoms with E-state index in [0.29, 0.717) is 5.92 Å². The molecule has 0 amide bonds. The Hall–Kier alpha value is -0.550. The Balaban J connectivity index is 2.25. The molecule has 2 aliphatic rings. The van der Waals surface area contributed by atoms with Crippen LogP contribution in [0.2, 0.25) is 0 Å². The number of hydrogen-bond donors (Lipinski definition) is 1. The first kappa shape index (κ1) is 12.9. The van der Waals surface area contributed by atoms with E-state index in [-0.39, 0.29) is 0 Å². The number of aliphatic hydroxyl groups is 1. The SMILES string of the molecule is CC1CCCC1(O)C1(C#N)CCCCCCC1. The van der Waals surface area contributed by atoms with Gasteiger partial charge in [-0.05, 0) is 31.6 Å². The highest BCUT2D eigenvalue weighted by Gasteiger charge is 2.55. The van der Waals surface area contributed by atoms with E-state index in [1.165, 1.54) is 19.3 Å². The first-order valence-electron chi connectivity index (χ1n) is 7.28. The van der Waals surface area contributed by atoms with Gasteiger partial charge in [0, 0.05) is 0 Å². The highest BCUT2D eigenvalue weighted by atomic mass is 16.3. The molecule has 2 fully saturated rings. The molecule has 0 aromatic rings. The minimum Gasteiger partial charge on any atom is -0.388 e. The van der Waals surface area contributed by atoms with Crippen molar-refractivity contribution < 1.29 is 5.11 Å². The van der Waals surface area contributed by atoms with Crippen molar-refractivity contribution in [1.29, 1.82) is 5.26 Å². The van der Waals surface area contributed by atoms with Crippen LogP contribution in [0.15, 0.2) is 0 Å². The lowest BCUT2D eigenvalue weighted by Gasteiger charge is -2.44. The summed E-state index contributed by atoms with van der Waals surface area (Å²) in [4.78, 5) is 0. The molecule has 0 aromatic heterocycles. The fourth-order valence-corrected chi connectivity index (χ4v) is 4.02. The summed E-state index contributed by atoms with van der Waals surface area (Å²) in [7, 11) is 0. The molecule has 2 saturated carbocycles. The smallest absolute Gasteiger partial charge is 0.0862 e. The Kier molecular flexibility index (Phi) is 3.78. The van der Waals surface area contributed by atoms with E-state index in [1.54, 1.807) is 0 Å². The highest BCUT2D eigenvalue weighted by molar-refractivity contribution is 5.15. The maximum atomic E-state index is 11.0. The third-order valence-electron chi connectivity index (χ3n) is 5.26. The molecule has 0 bridgehead atoms. The topological polar surface area (TPSA) is 44.0 Å². The van der Waals surface area contributed by atoms with E-state index < -0.39 is 11.0 Å². The van der Waals surface area contributed by atoms with Gasteiger partial charge >= 0.3 is 0 Å². The van der Waals surface area contributed by atoms with E-state index in [9.17, 15) is 10.4 Å². The molecular weight excluding hydrogens is 210 g/mol. The third-order valence-corrected chi connectivity index (χ3v) is 5.26. The Bertz CT molecular complexity index is 299. The van der Waals surface area contributed by atoms with Crippen LogP contribution < -0.4 is 0 Å². The van der Waals surface area contributed by atoms with Gasteiger partial charge in [0.2, 0.25) is 0 Å². The average molecular weight is 235 g/mol. The Morgan fingerprint density at radius 2 is 1.59 bits per heavy atom. The third kappa shape index (κ3) is 2.10. The largest absolute Gasteiger partial charge is 0.388 e. The first-order valence-corrected chi connectivity index (χ1v) is 7.28. The quantitative estimate of drug-likeness (QED) is 0.751. The van der Waals surface area contributed by atoms with Crippen molar-refractivity contribution in [1.82, 2.24) is 0 Å². The normalized spacial score (nSPS) is 38.1. The van der Waals surface area contributed by atoms with Crippen molar-refractivity contribution in [3.63, 3.8) is 0 Å². The minimum absolute atomic E-state index is 0.293. The summed E-state index contributed by atoms with van der Waals surface area (Å²) in [5, 5.41) is 20.7. The molecule has 2 nitrogen and oxygen atoms in total. The molecule has 0 saturated heterocycles. The summed E-state index contributed by atoms with van der Waals surface area (Å²) in [6, 6.07) is 2.55. The van der Waals surface area contributed by atoms with Gasteiger partial charge in [-0.1, -0.05) is 45.4 Å². The number of nitriles is 1. The van der Waals surface area contributed by atoms with Crippen LogP contribution in [-0.2, 0) is 0 Å². The fourth-order valence-electron chi connectivity index (χ4n) is 4.02. The van der Waals surface area contributed by atoms with Gasteiger partial charge in [-0.15, -0.1) is 0 Å². The van der Waals surface area contributed by atoms with Crippen LogP contribution in [0.1, 0.15) is 71.1 Å². The summed E-state index contributed by atoms with van der Waals surface area (Å²) in [5.41, 5.74) is -1.16. The minimum atomic E-state index is -0.709. The van der Waals surface area contributed by atoms with E-state index in [0.717, 1.165) is 44.9 Å². The Labute approximate surface area is 105 Å². The molecule has 2 atom stereocenters. The molecule has 2 unspecified atom stereocenters. The standard InChI is InChI=1S/C15H25NO/c1-13-8-7-11-15(13,17)14(12-16)9-5-3-2-4-6-10-14/h13,17H,2-11H2,1H3. The van der Waals surface area contributed by atoms with Gasteiger partial charge in [0.15, 0.2) is 0 Å². The van der Waals surface area contributed by atoms with Crippen molar-refractivity contribution in [2.24, 2.45) is 11.3 Å². The van der Waals surface area contributed by atoms with Crippen LogP contribution in [0.5, 0.6) is 0 Å². The lowest BCUT2D eigenvalue weighted by atomic mass is 9.62. The van der Waals surface area contributed by atoms with E-state index in [2.05, 4.69) is 13.0 Å². The van der Waals surface area contributed by atoms with Gasteiger partial charge in [-0.3, -0.25) is 0 Å². The molecule has 0 heterocycles. The summed E-state index contributed by atoms with van der Waals surface area (Å²) < 4.78 is 0. The van der Waals surface area contributed by atoms with Crippen molar-refractivity contribution in [2.45, 2.75) is 76.7 Å². The summed E-state index contributed by atoms with van der Waals surface area (Å²) >= 11 is 0. The molecular formula is C15H25NO. The van der Waals surface area contributed by atoms with Crippen LogP contribution in [0.25, 0.3) is 0 Å². The zero-order valence-corrected chi connectivity index (χ0v) is 11.0. The van der Waals surface area contributed by atoms with Crippen molar-refractivity contribution in [3.05, 3.63) is 0 Å².